The number of ether oxygens (including phenoxy) is 2. The van der Waals surface area contributed by atoms with Crippen molar-refractivity contribution in [2.24, 2.45) is 0 Å². The molecule has 158 valence electrons. The van der Waals surface area contributed by atoms with Crippen LogP contribution < -0.4 is 4.74 Å². The van der Waals surface area contributed by atoms with Crippen molar-refractivity contribution in [1.29, 1.82) is 0 Å². The van der Waals surface area contributed by atoms with Gasteiger partial charge in [0, 0.05) is 24.7 Å². The second kappa shape index (κ2) is 10.7. The molecule has 2 aromatic rings. The monoisotopic (exact) mass is 529 g/mol. The Balaban J connectivity index is 1.72. The van der Waals surface area contributed by atoms with E-state index in [1.165, 1.54) is 4.90 Å². The number of carbonyl (C=O) groups excluding carboxylic acids is 2. The van der Waals surface area contributed by atoms with E-state index in [1.807, 2.05) is 24.3 Å². The molecule has 3 rings (SSSR count). The number of hydrogen-bond donors (Lipinski definition) is 0. The van der Waals surface area contributed by atoms with Crippen LogP contribution in [0.25, 0.3) is 6.08 Å². The quantitative estimate of drug-likeness (QED) is 0.291. The molecule has 30 heavy (non-hydrogen) atoms. The maximum absolute atomic E-state index is 12.5. The molecule has 0 aromatic heterocycles. The molecule has 9 heteroatoms. The molecule has 5 nitrogen and oxygen atoms in total. The first-order valence-electron chi connectivity index (χ1n) is 8.99. The van der Waals surface area contributed by atoms with Crippen LogP contribution in [0.3, 0.4) is 0 Å². The zero-order valence-electron chi connectivity index (χ0n) is 16.0. The van der Waals surface area contributed by atoms with E-state index >= 15 is 0 Å². The van der Waals surface area contributed by atoms with Gasteiger partial charge in [-0.1, -0.05) is 51.3 Å². The van der Waals surface area contributed by atoms with Crippen molar-refractivity contribution in [2.75, 3.05) is 20.3 Å². The second-order valence-corrected chi connectivity index (χ2v) is 9.13. The van der Waals surface area contributed by atoms with Crippen LogP contribution in [-0.4, -0.2) is 36.3 Å². The van der Waals surface area contributed by atoms with Crippen LogP contribution in [0.15, 0.2) is 45.8 Å². The second-order valence-electron chi connectivity index (χ2n) is 6.41. The van der Waals surface area contributed by atoms with Crippen molar-refractivity contribution >= 4 is 68.1 Å². The fourth-order valence-corrected chi connectivity index (χ4v) is 4.49. The van der Waals surface area contributed by atoms with Gasteiger partial charge in [-0.3, -0.25) is 14.5 Å². The van der Waals surface area contributed by atoms with Gasteiger partial charge >= 0.3 is 0 Å². The summed E-state index contributed by atoms with van der Waals surface area (Å²) in [6.45, 7) is 1.11. The molecule has 1 aliphatic rings. The molecule has 2 aromatic carbocycles. The van der Waals surface area contributed by atoms with Crippen LogP contribution in [0.4, 0.5) is 4.79 Å². The molecular formula is C21H18BrCl2NO4S. The van der Waals surface area contributed by atoms with Crippen LogP contribution in [0, 0.1) is 0 Å². The van der Waals surface area contributed by atoms with Gasteiger partial charge in [0.05, 0.1) is 15.0 Å². The SMILES string of the molecule is COCCCN1C(=O)S/C(=C/c2cc(Cl)c(OCc3ccc(Br)cc3)c(Cl)c2)C1=O. The fourth-order valence-electron chi connectivity index (χ4n) is 2.75. The number of thioether (sulfide) groups is 1. The Morgan fingerprint density at radius 1 is 1.13 bits per heavy atom. The van der Waals surface area contributed by atoms with E-state index in [0.29, 0.717) is 52.4 Å². The number of carbonyl (C=O) groups is 2. The highest BCUT2D eigenvalue weighted by molar-refractivity contribution is 9.10. The van der Waals surface area contributed by atoms with Crippen LogP contribution in [0.2, 0.25) is 10.0 Å². The number of methoxy groups -OCH3 is 1. The molecule has 1 fully saturated rings. The zero-order valence-corrected chi connectivity index (χ0v) is 19.9. The van der Waals surface area contributed by atoms with E-state index in [0.717, 1.165) is 21.8 Å². The molecule has 1 heterocycles. The summed E-state index contributed by atoms with van der Waals surface area (Å²) in [5, 5.41) is 0.351. The predicted molar refractivity (Wildman–Crippen MR) is 124 cm³/mol. The Labute approximate surface area is 197 Å². The van der Waals surface area contributed by atoms with E-state index in [2.05, 4.69) is 15.9 Å². The van der Waals surface area contributed by atoms with Gasteiger partial charge in [-0.2, -0.15) is 0 Å². The van der Waals surface area contributed by atoms with E-state index in [1.54, 1.807) is 25.3 Å². The van der Waals surface area contributed by atoms with E-state index in [-0.39, 0.29) is 11.1 Å². The summed E-state index contributed by atoms with van der Waals surface area (Å²) in [7, 11) is 1.58. The highest BCUT2D eigenvalue weighted by Gasteiger charge is 2.34. The minimum atomic E-state index is -0.330. The summed E-state index contributed by atoms with van der Waals surface area (Å²) >= 11 is 17.0. The first-order valence-corrected chi connectivity index (χ1v) is 11.4. The Morgan fingerprint density at radius 2 is 1.80 bits per heavy atom. The first kappa shape index (κ1) is 23.2. The molecule has 2 amide bonds. The van der Waals surface area contributed by atoms with Crippen molar-refractivity contribution in [2.45, 2.75) is 13.0 Å². The van der Waals surface area contributed by atoms with Crippen LogP contribution in [0.5, 0.6) is 5.75 Å². The summed E-state index contributed by atoms with van der Waals surface area (Å²) in [6, 6.07) is 11.0. The smallest absolute Gasteiger partial charge is 0.293 e. The average molecular weight is 531 g/mol. The van der Waals surface area contributed by atoms with Crippen molar-refractivity contribution in [3.8, 4) is 5.75 Å². The van der Waals surface area contributed by atoms with Crippen molar-refractivity contribution in [3.63, 3.8) is 0 Å². The number of nitrogens with zero attached hydrogens (tertiary/aromatic N) is 1. The molecule has 0 aliphatic carbocycles. The van der Waals surface area contributed by atoms with E-state index in [9.17, 15) is 9.59 Å². The number of halogens is 3. The number of rotatable bonds is 8. The Bertz CT molecular complexity index is 958. The lowest BCUT2D eigenvalue weighted by molar-refractivity contribution is -0.122. The largest absolute Gasteiger partial charge is 0.486 e. The molecule has 0 bridgehead atoms. The topological polar surface area (TPSA) is 55.8 Å². The zero-order chi connectivity index (χ0) is 21.7. The lowest BCUT2D eigenvalue weighted by Gasteiger charge is -2.12. The summed E-state index contributed by atoms with van der Waals surface area (Å²) < 4.78 is 11.7. The Morgan fingerprint density at radius 3 is 2.43 bits per heavy atom. The molecule has 0 saturated carbocycles. The van der Waals surface area contributed by atoms with Crippen LogP contribution >= 0.6 is 50.9 Å². The van der Waals surface area contributed by atoms with Crippen LogP contribution in [0.1, 0.15) is 17.5 Å². The van der Waals surface area contributed by atoms with Gasteiger partial charge in [0.15, 0.2) is 5.75 Å². The van der Waals surface area contributed by atoms with Crippen LogP contribution in [-0.2, 0) is 16.1 Å². The minimum absolute atomic E-state index is 0.297. The highest BCUT2D eigenvalue weighted by Crippen LogP contribution is 2.37. The molecule has 0 radical (unpaired) electrons. The summed E-state index contributed by atoms with van der Waals surface area (Å²) in [4.78, 5) is 26.2. The maximum Gasteiger partial charge on any atom is 0.293 e. The van der Waals surface area contributed by atoms with Crippen molar-refractivity contribution in [3.05, 3.63) is 66.9 Å². The lowest BCUT2D eigenvalue weighted by atomic mass is 10.2. The third kappa shape index (κ3) is 5.80. The number of imide groups is 1. The van der Waals surface area contributed by atoms with Gasteiger partial charge in [-0.05, 0) is 59.7 Å². The van der Waals surface area contributed by atoms with E-state index < -0.39 is 0 Å². The number of hydrogen-bond acceptors (Lipinski definition) is 5. The highest BCUT2D eigenvalue weighted by atomic mass is 79.9. The Kier molecular flexibility index (Phi) is 8.25. The first-order chi connectivity index (χ1) is 14.4. The summed E-state index contributed by atoms with van der Waals surface area (Å²) in [5.74, 6) is 0.0370. The van der Waals surface area contributed by atoms with Gasteiger partial charge in [-0.25, -0.2) is 0 Å². The molecule has 0 unspecified atom stereocenters. The molecule has 1 aliphatic heterocycles. The third-order valence-corrected chi connectivity index (χ3v) is 6.22. The maximum atomic E-state index is 12.5. The number of benzene rings is 2. The van der Waals surface area contributed by atoms with Crippen molar-refractivity contribution in [1.82, 2.24) is 4.90 Å². The normalized spacial score (nSPS) is 15.3. The summed E-state index contributed by atoms with van der Waals surface area (Å²) in [5.41, 5.74) is 1.58. The third-order valence-electron chi connectivity index (χ3n) is 4.22. The molecule has 0 spiro atoms. The van der Waals surface area contributed by atoms with Gasteiger partial charge in [0.25, 0.3) is 11.1 Å². The molecule has 0 N–H and O–H groups in total. The van der Waals surface area contributed by atoms with Gasteiger partial charge in [0.2, 0.25) is 0 Å². The number of amides is 2. The average Bonchev–Trinajstić information content (AvgIpc) is 2.96. The van der Waals surface area contributed by atoms with E-state index in [4.69, 9.17) is 32.7 Å². The predicted octanol–water partition coefficient (Wildman–Crippen LogP) is 6.41. The lowest BCUT2D eigenvalue weighted by Crippen LogP contribution is -2.29. The molecule has 0 atom stereocenters. The summed E-state index contributed by atoms with van der Waals surface area (Å²) in [6.07, 6.45) is 2.20. The van der Waals surface area contributed by atoms with Crippen molar-refractivity contribution < 1.29 is 19.1 Å². The Hall–Kier alpha value is -1.51. The van der Waals surface area contributed by atoms with Gasteiger partial charge in [0.1, 0.15) is 6.61 Å². The molecular weight excluding hydrogens is 513 g/mol. The fraction of sp³-hybridized carbons (Fsp3) is 0.238. The standard InChI is InChI=1S/C21H18BrCl2NO4S/c1-28-8-2-7-25-20(26)18(30-21(25)27)11-14-9-16(23)19(17(24)10-14)29-12-13-3-5-15(22)6-4-13/h3-6,9-11H,2,7-8,12H2,1H3/b18-11+. The van der Waals surface area contributed by atoms with Gasteiger partial charge < -0.3 is 9.47 Å². The van der Waals surface area contributed by atoms with Gasteiger partial charge in [-0.15, -0.1) is 0 Å². The minimum Gasteiger partial charge on any atom is -0.486 e. The molecule has 1 saturated heterocycles.